The van der Waals surface area contributed by atoms with Crippen LogP contribution in [0.25, 0.3) is 11.0 Å². The van der Waals surface area contributed by atoms with Crippen molar-refractivity contribution in [3.05, 3.63) is 35.0 Å². The average Bonchev–Trinajstić information content (AvgIpc) is 2.67. The molecule has 1 aromatic carbocycles. The van der Waals surface area contributed by atoms with Crippen molar-refractivity contribution in [2.75, 3.05) is 0 Å². The molecule has 1 aliphatic rings. The minimum absolute atomic E-state index is 0.101. The predicted octanol–water partition coefficient (Wildman–Crippen LogP) is 3.15. The molecule has 88 valence electrons. The van der Waals surface area contributed by atoms with Gasteiger partial charge in [-0.3, -0.25) is 4.79 Å². The van der Waals surface area contributed by atoms with Gasteiger partial charge in [-0.2, -0.15) is 0 Å². The third kappa shape index (κ3) is 1.66. The highest BCUT2D eigenvalue weighted by Gasteiger charge is 2.41. The summed E-state index contributed by atoms with van der Waals surface area (Å²) >= 11 is 5.88. The van der Waals surface area contributed by atoms with Crippen LogP contribution in [0.2, 0.25) is 5.02 Å². The lowest BCUT2D eigenvalue weighted by Crippen LogP contribution is -2.53. The Labute approximate surface area is 104 Å². The second-order valence-corrected chi connectivity index (χ2v) is 5.07. The Morgan fingerprint density at radius 1 is 1.35 bits per heavy atom. The van der Waals surface area contributed by atoms with E-state index in [2.05, 4.69) is 0 Å². The van der Waals surface area contributed by atoms with E-state index in [4.69, 9.17) is 21.8 Å². The van der Waals surface area contributed by atoms with Crippen LogP contribution in [-0.2, 0) is 0 Å². The summed E-state index contributed by atoms with van der Waals surface area (Å²) in [7, 11) is 0. The van der Waals surface area contributed by atoms with Crippen LogP contribution in [0.3, 0.4) is 0 Å². The summed E-state index contributed by atoms with van der Waals surface area (Å²) in [6.07, 6.45) is 2.49. The number of carbonyl (C=O) groups excluding carboxylic acids is 1. The van der Waals surface area contributed by atoms with E-state index in [-0.39, 0.29) is 5.78 Å². The summed E-state index contributed by atoms with van der Waals surface area (Å²) in [4.78, 5) is 12.2. The molecule has 0 bridgehead atoms. The van der Waals surface area contributed by atoms with E-state index in [0.29, 0.717) is 16.4 Å². The summed E-state index contributed by atoms with van der Waals surface area (Å²) in [6.45, 7) is 0. The maximum Gasteiger partial charge on any atom is 0.217 e. The fraction of sp³-hybridized carbons (Fsp3) is 0.308. The zero-order valence-electron chi connectivity index (χ0n) is 9.20. The van der Waals surface area contributed by atoms with Crippen LogP contribution >= 0.6 is 11.6 Å². The molecule has 0 amide bonds. The second-order valence-electron chi connectivity index (χ2n) is 4.63. The largest absolute Gasteiger partial charge is 0.453 e. The molecule has 0 atom stereocenters. The number of furan rings is 1. The lowest BCUT2D eigenvalue weighted by atomic mass is 9.74. The highest BCUT2D eigenvalue weighted by atomic mass is 35.5. The normalized spacial score (nSPS) is 18.0. The van der Waals surface area contributed by atoms with Crippen molar-refractivity contribution in [1.29, 1.82) is 0 Å². The molecule has 1 saturated carbocycles. The monoisotopic (exact) mass is 249 g/mol. The first-order valence-corrected chi connectivity index (χ1v) is 5.99. The number of hydrogen-bond acceptors (Lipinski definition) is 3. The van der Waals surface area contributed by atoms with Gasteiger partial charge in [-0.05, 0) is 43.5 Å². The molecule has 1 aliphatic carbocycles. The van der Waals surface area contributed by atoms with E-state index in [0.717, 1.165) is 24.6 Å². The summed E-state index contributed by atoms with van der Waals surface area (Å²) in [6, 6.07) is 7.00. The molecule has 0 saturated heterocycles. The molecule has 2 N–H and O–H groups in total. The minimum Gasteiger partial charge on any atom is -0.453 e. The van der Waals surface area contributed by atoms with E-state index in [1.54, 1.807) is 24.3 Å². The van der Waals surface area contributed by atoms with E-state index in [9.17, 15) is 4.79 Å². The molecule has 0 spiro atoms. The summed E-state index contributed by atoms with van der Waals surface area (Å²) in [5.41, 5.74) is 5.95. The Morgan fingerprint density at radius 3 is 2.76 bits per heavy atom. The zero-order chi connectivity index (χ0) is 12.0. The molecule has 1 aromatic heterocycles. The Hall–Kier alpha value is -1.32. The lowest BCUT2D eigenvalue weighted by Gasteiger charge is -2.35. The Bertz CT molecular complexity index is 598. The van der Waals surface area contributed by atoms with E-state index >= 15 is 0 Å². The predicted molar refractivity (Wildman–Crippen MR) is 66.3 cm³/mol. The van der Waals surface area contributed by atoms with Gasteiger partial charge in [0.05, 0.1) is 5.54 Å². The molecule has 3 rings (SSSR count). The van der Waals surface area contributed by atoms with Crippen LogP contribution in [0.15, 0.2) is 28.7 Å². The van der Waals surface area contributed by atoms with Crippen molar-refractivity contribution < 1.29 is 9.21 Å². The molecule has 4 heteroatoms. The summed E-state index contributed by atoms with van der Waals surface area (Å²) in [5.74, 6) is 0.237. The van der Waals surface area contributed by atoms with Gasteiger partial charge in [0.2, 0.25) is 5.78 Å². The van der Waals surface area contributed by atoms with Gasteiger partial charge in [-0.1, -0.05) is 11.6 Å². The molecule has 0 radical (unpaired) electrons. The summed E-state index contributed by atoms with van der Waals surface area (Å²) < 4.78 is 5.52. The van der Waals surface area contributed by atoms with Crippen molar-refractivity contribution in [3.63, 3.8) is 0 Å². The van der Waals surface area contributed by atoms with Gasteiger partial charge in [0, 0.05) is 10.4 Å². The van der Waals surface area contributed by atoms with Gasteiger partial charge in [0.15, 0.2) is 5.76 Å². The third-order valence-electron chi connectivity index (χ3n) is 3.40. The van der Waals surface area contributed by atoms with Crippen molar-refractivity contribution in [1.82, 2.24) is 0 Å². The molecule has 17 heavy (non-hydrogen) atoms. The van der Waals surface area contributed by atoms with Gasteiger partial charge in [0.25, 0.3) is 0 Å². The number of fused-ring (bicyclic) bond motifs is 1. The van der Waals surface area contributed by atoms with E-state index in [1.165, 1.54) is 0 Å². The van der Waals surface area contributed by atoms with Crippen LogP contribution < -0.4 is 5.73 Å². The molecule has 1 heterocycles. The number of hydrogen-bond donors (Lipinski definition) is 1. The van der Waals surface area contributed by atoms with Crippen LogP contribution in [0.1, 0.15) is 29.8 Å². The first-order chi connectivity index (χ1) is 8.08. The number of benzene rings is 1. The number of nitrogens with two attached hydrogens (primary N) is 1. The highest BCUT2D eigenvalue weighted by molar-refractivity contribution is 6.31. The Balaban J connectivity index is 2.03. The Morgan fingerprint density at radius 2 is 2.12 bits per heavy atom. The van der Waals surface area contributed by atoms with Crippen LogP contribution in [0.4, 0.5) is 0 Å². The van der Waals surface area contributed by atoms with Crippen molar-refractivity contribution in [3.8, 4) is 0 Å². The zero-order valence-corrected chi connectivity index (χ0v) is 9.96. The number of rotatable bonds is 2. The Kier molecular flexibility index (Phi) is 2.28. The molecular weight excluding hydrogens is 238 g/mol. The molecular formula is C13H12ClNO2. The van der Waals surface area contributed by atoms with E-state index < -0.39 is 5.54 Å². The van der Waals surface area contributed by atoms with Gasteiger partial charge in [-0.25, -0.2) is 0 Å². The van der Waals surface area contributed by atoms with E-state index in [1.807, 2.05) is 0 Å². The fourth-order valence-electron chi connectivity index (χ4n) is 2.16. The van der Waals surface area contributed by atoms with Crippen LogP contribution in [-0.4, -0.2) is 11.3 Å². The maximum absolute atomic E-state index is 12.2. The van der Waals surface area contributed by atoms with Crippen molar-refractivity contribution in [2.24, 2.45) is 5.73 Å². The number of ketones is 1. The van der Waals surface area contributed by atoms with Crippen molar-refractivity contribution >= 4 is 28.4 Å². The van der Waals surface area contributed by atoms with Gasteiger partial charge >= 0.3 is 0 Å². The fourth-order valence-corrected chi connectivity index (χ4v) is 2.34. The molecule has 0 unspecified atom stereocenters. The maximum atomic E-state index is 12.2. The first-order valence-electron chi connectivity index (χ1n) is 5.61. The number of Topliss-reactive ketones (excluding diaryl/α,β-unsaturated/α-hetero) is 1. The highest BCUT2D eigenvalue weighted by Crippen LogP contribution is 2.34. The van der Waals surface area contributed by atoms with Crippen LogP contribution in [0, 0.1) is 0 Å². The van der Waals surface area contributed by atoms with Crippen LogP contribution in [0.5, 0.6) is 0 Å². The summed E-state index contributed by atoms with van der Waals surface area (Å²) in [5, 5.41) is 1.46. The standard InChI is InChI=1S/C13H12ClNO2/c14-9-2-3-10-8(6-9)7-11(17-10)12(16)13(15)4-1-5-13/h2-3,6-7H,1,4-5,15H2. The number of halogens is 1. The number of carbonyl (C=O) groups is 1. The molecule has 1 fully saturated rings. The second kappa shape index (κ2) is 3.59. The molecule has 3 nitrogen and oxygen atoms in total. The van der Waals surface area contributed by atoms with Gasteiger partial charge in [-0.15, -0.1) is 0 Å². The first kappa shape index (κ1) is 10.8. The van der Waals surface area contributed by atoms with Crippen molar-refractivity contribution in [2.45, 2.75) is 24.8 Å². The topological polar surface area (TPSA) is 56.2 Å². The van der Waals surface area contributed by atoms with Gasteiger partial charge < -0.3 is 10.2 Å². The smallest absolute Gasteiger partial charge is 0.217 e. The third-order valence-corrected chi connectivity index (χ3v) is 3.64. The molecule has 0 aliphatic heterocycles. The molecule has 2 aromatic rings. The quantitative estimate of drug-likeness (QED) is 0.832. The lowest BCUT2D eigenvalue weighted by molar-refractivity contribution is 0.0773. The van der Waals surface area contributed by atoms with Gasteiger partial charge in [0.1, 0.15) is 5.58 Å². The minimum atomic E-state index is -0.711. The SMILES string of the molecule is NC1(C(=O)c2cc3cc(Cl)ccc3o2)CCC1. The average molecular weight is 250 g/mol.